The highest BCUT2D eigenvalue weighted by atomic mass is 35.5. The van der Waals surface area contributed by atoms with Crippen molar-refractivity contribution in [2.75, 3.05) is 32.8 Å². The third kappa shape index (κ3) is 8.07. The highest BCUT2D eigenvalue weighted by Crippen LogP contribution is 2.14. The second-order valence-corrected chi connectivity index (χ2v) is 5.29. The maximum Gasteiger partial charge on any atom is 0.404 e. The second-order valence-electron chi connectivity index (χ2n) is 4.98. The number of hydrogen-bond donors (Lipinski definition) is 0. The molecule has 8 nitrogen and oxygen atoms in total. The van der Waals surface area contributed by atoms with E-state index in [-0.39, 0.29) is 12.3 Å². The average Bonchev–Trinajstić information content (AvgIpc) is 2.51. The number of nitrogens with zero attached hydrogens (tertiary/aromatic N) is 4. The van der Waals surface area contributed by atoms with Crippen molar-refractivity contribution in [1.82, 2.24) is 4.90 Å². The van der Waals surface area contributed by atoms with E-state index in [2.05, 4.69) is 10.0 Å². The highest BCUT2D eigenvalue weighted by Gasteiger charge is 2.22. The second kappa shape index (κ2) is 11.1. The van der Waals surface area contributed by atoms with Crippen LogP contribution in [0.15, 0.2) is 5.11 Å². The Labute approximate surface area is 134 Å². The van der Waals surface area contributed by atoms with E-state index in [1.54, 1.807) is 4.90 Å². The number of ether oxygens (including phenoxy) is 2. The van der Waals surface area contributed by atoms with Crippen LogP contribution in [0, 0.1) is 0 Å². The van der Waals surface area contributed by atoms with E-state index in [1.807, 2.05) is 0 Å². The molecular weight excluding hydrogens is 312 g/mol. The number of carbonyl (C=O) groups excluding carboxylic acids is 2. The Hall–Kier alpha value is -1.50. The van der Waals surface area contributed by atoms with E-state index in [9.17, 15) is 9.59 Å². The summed E-state index contributed by atoms with van der Waals surface area (Å²) in [6.45, 7) is 2.64. The summed E-state index contributed by atoms with van der Waals surface area (Å²) in [5, 5.41) is 3.45. The largest absolute Gasteiger partial charge is 0.450 e. The summed E-state index contributed by atoms with van der Waals surface area (Å²) in [6, 6.07) is 0. The van der Waals surface area contributed by atoms with Crippen molar-refractivity contribution in [2.24, 2.45) is 5.11 Å². The fraction of sp³-hybridized carbons (Fsp3) is 0.846. The van der Waals surface area contributed by atoms with Gasteiger partial charge < -0.3 is 14.4 Å². The van der Waals surface area contributed by atoms with Crippen molar-refractivity contribution in [3.05, 3.63) is 10.4 Å². The van der Waals surface area contributed by atoms with E-state index in [1.165, 1.54) is 0 Å². The molecule has 0 N–H and O–H groups in total. The summed E-state index contributed by atoms with van der Waals surface area (Å²) in [6.07, 6.45) is 2.55. The van der Waals surface area contributed by atoms with E-state index in [4.69, 9.17) is 26.6 Å². The molecule has 1 saturated heterocycles. The molecule has 1 amide bonds. The van der Waals surface area contributed by atoms with Crippen LogP contribution < -0.4 is 0 Å². The third-order valence-electron chi connectivity index (χ3n) is 3.37. The molecule has 1 fully saturated rings. The van der Waals surface area contributed by atoms with Gasteiger partial charge in [0.1, 0.15) is 6.10 Å². The summed E-state index contributed by atoms with van der Waals surface area (Å²) in [5.41, 5.74) is 7.27. The number of halogens is 1. The van der Waals surface area contributed by atoms with Gasteiger partial charge in [-0.25, -0.2) is 4.79 Å². The van der Waals surface area contributed by atoms with Crippen LogP contribution in [0.1, 0.15) is 32.1 Å². The van der Waals surface area contributed by atoms with Crippen molar-refractivity contribution in [3.63, 3.8) is 0 Å². The van der Waals surface area contributed by atoms with Gasteiger partial charge in [-0.05, 0) is 24.8 Å². The van der Waals surface area contributed by atoms with Crippen molar-refractivity contribution in [1.29, 1.82) is 0 Å². The van der Waals surface area contributed by atoms with Crippen LogP contribution in [0.4, 0.5) is 4.79 Å². The maximum absolute atomic E-state index is 12.1. The molecule has 1 rings (SSSR count). The van der Waals surface area contributed by atoms with E-state index in [0.717, 1.165) is 19.3 Å². The lowest BCUT2D eigenvalue weighted by atomic mass is 10.1. The van der Waals surface area contributed by atoms with Gasteiger partial charge in [0.2, 0.25) is 5.91 Å². The van der Waals surface area contributed by atoms with Crippen molar-refractivity contribution in [2.45, 2.75) is 38.2 Å². The predicted molar refractivity (Wildman–Crippen MR) is 80.6 cm³/mol. The molecule has 1 aliphatic heterocycles. The topological polar surface area (TPSA) is 105 Å². The van der Waals surface area contributed by atoms with Gasteiger partial charge in [-0.3, -0.25) is 4.79 Å². The molecule has 1 atom stereocenters. The molecule has 0 aromatic rings. The Kier molecular flexibility index (Phi) is 9.37. The summed E-state index contributed by atoms with van der Waals surface area (Å²) < 4.78 is 10.2. The molecule has 0 radical (unpaired) electrons. The van der Waals surface area contributed by atoms with Gasteiger partial charge in [-0.15, -0.1) is 0 Å². The quantitative estimate of drug-likeness (QED) is 0.213. The number of morpholine rings is 1. The molecule has 0 aliphatic carbocycles. The fourth-order valence-corrected chi connectivity index (χ4v) is 2.37. The van der Waals surface area contributed by atoms with E-state index >= 15 is 0 Å². The van der Waals surface area contributed by atoms with Crippen LogP contribution in [0.25, 0.3) is 10.4 Å². The third-order valence-corrected chi connectivity index (χ3v) is 3.46. The lowest BCUT2D eigenvalue weighted by Gasteiger charge is -2.28. The smallest absolute Gasteiger partial charge is 0.404 e. The van der Waals surface area contributed by atoms with E-state index < -0.39 is 11.5 Å². The zero-order valence-electron chi connectivity index (χ0n) is 12.4. The van der Waals surface area contributed by atoms with Crippen LogP contribution in [0.2, 0.25) is 0 Å². The van der Waals surface area contributed by atoms with Gasteiger partial charge in [0, 0.05) is 36.1 Å². The Balaban J connectivity index is 2.33. The normalized spacial score (nSPS) is 15.8. The number of amides is 1. The number of unbranched alkanes of at least 4 members (excludes halogenated alkanes) is 2. The van der Waals surface area contributed by atoms with Crippen molar-refractivity contribution >= 4 is 22.9 Å². The minimum atomic E-state index is -0.895. The summed E-state index contributed by atoms with van der Waals surface area (Å²) >= 11 is 5.26. The van der Waals surface area contributed by atoms with Crippen molar-refractivity contribution < 1.29 is 19.1 Å². The molecule has 0 aromatic heterocycles. The number of rotatable bonds is 9. The lowest BCUT2D eigenvalue weighted by Crippen LogP contribution is -2.42. The van der Waals surface area contributed by atoms with Gasteiger partial charge >= 0.3 is 5.43 Å². The SMILES string of the molecule is [N-]=[N+]=NCCCCCC(CC(=O)N1CCOCC1)OC(=O)Cl. The first-order valence-corrected chi connectivity index (χ1v) is 7.73. The standard InChI is InChI=1S/C13H21ClN4O4/c14-13(20)22-11(4-2-1-3-5-16-17-15)10-12(19)18-6-8-21-9-7-18/h11H,1-10H2. The van der Waals surface area contributed by atoms with Gasteiger partial charge in [-0.1, -0.05) is 11.5 Å². The monoisotopic (exact) mass is 332 g/mol. The van der Waals surface area contributed by atoms with Crippen LogP contribution in [-0.2, 0) is 14.3 Å². The minimum Gasteiger partial charge on any atom is -0.450 e. The zero-order valence-corrected chi connectivity index (χ0v) is 13.2. The van der Waals surface area contributed by atoms with Crippen LogP contribution >= 0.6 is 11.6 Å². The first kappa shape index (κ1) is 18.5. The Bertz CT molecular complexity index is 409. The predicted octanol–water partition coefficient (Wildman–Crippen LogP) is 2.85. The number of carbonyl (C=O) groups is 2. The van der Waals surface area contributed by atoms with Crippen LogP contribution in [0.5, 0.6) is 0 Å². The zero-order chi connectivity index (χ0) is 16.2. The van der Waals surface area contributed by atoms with Gasteiger partial charge in [0.25, 0.3) is 0 Å². The molecule has 0 aromatic carbocycles. The fourth-order valence-electron chi connectivity index (χ4n) is 2.25. The molecule has 22 heavy (non-hydrogen) atoms. The summed E-state index contributed by atoms with van der Waals surface area (Å²) in [5.74, 6) is -0.0553. The Morgan fingerprint density at radius 3 is 2.68 bits per heavy atom. The first-order chi connectivity index (χ1) is 10.6. The van der Waals surface area contributed by atoms with Gasteiger partial charge in [0.15, 0.2) is 0 Å². The van der Waals surface area contributed by atoms with E-state index in [0.29, 0.717) is 39.3 Å². The molecular formula is C13H21ClN4O4. The molecule has 124 valence electrons. The molecule has 9 heteroatoms. The molecule has 1 aliphatic rings. The lowest BCUT2D eigenvalue weighted by molar-refractivity contribution is -0.137. The molecule has 1 unspecified atom stereocenters. The first-order valence-electron chi connectivity index (χ1n) is 7.36. The van der Waals surface area contributed by atoms with Crippen molar-refractivity contribution in [3.8, 4) is 0 Å². The number of hydrogen-bond acceptors (Lipinski definition) is 5. The number of azide groups is 1. The average molecular weight is 333 g/mol. The van der Waals surface area contributed by atoms with Gasteiger partial charge in [0.05, 0.1) is 19.6 Å². The van der Waals surface area contributed by atoms with Crippen LogP contribution in [0.3, 0.4) is 0 Å². The van der Waals surface area contributed by atoms with Crippen LogP contribution in [-0.4, -0.2) is 55.2 Å². The molecule has 0 bridgehead atoms. The molecule has 0 spiro atoms. The Morgan fingerprint density at radius 1 is 1.32 bits per heavy atom. The summed E-state index contributed by atoms with van der Waals surface area (Å²) in [7, 11) is 0. The molecule has 1 heterocycles. The maximum atomic E-state index is 12.1. The Morgan fingerprint density at radius 2 is 2.05 bits per heavy atom. The molecule has 0 saturated carbocycles. The van der Waals surface area contributed by atoms with Gasteiger partial charge in [-0.2, -0.15) is 0 Å². The highest BCUT2D eigenvalue weighted by molar-refractivity contribution is 6.61. The minimum absolute atomic E-state index is 0.0553. The summed E-state index contributed by atoms with van der Waals surface area (Å²) in [4.78, 5) is 27.5.